The maximum Gasteiger partial charge on any atom is 0.573 e. The molecule has 1 heterocycles. The van der Waals surface area contributed by atoms with Gasteiger partial charge in [0.05, 0.1) is 24.4 Å². The molecule has 0 radical (unpaired) electrons. The zero-order chi connectivity index (χ0) is 14.8. The van der Waals surface area contributed by atoms with Crippen LogP contribution in [0.3, 0.4) is 0 Å². The fourth-order valence-corrected chi connectivity index (χ4v) is 1.22. The van der Waals surface area contributed by atoms with E-state index in [-0.39, 0.29) is 0 Å². The van der Waals surface area contributed by atoms with Crippen LogP contribution in [-0.4, -0.2) is 16.5 Å². The molecule has 0 spiro atoms. The number of nitrogens with zero attached hydrogens (tertiary/aromatic N) is 2. The van der Waals surface area contributed by atoms with E-state index in [4.69, 9.17) is 10.4 Å². The van der Waals surface area contributed by atoms with Crippen LogP contribution in [0.25, 0.3) is 0 Å². The van der Waals surface area contributed by atoms with Gasteiger partial charge in [-0.1, -0.05) is 0 Å². The van der Waals surface area contributed by atoms with Gasteiger partial charge >= 0.3 is 12.5 Å². The third kappa shape index (κ3) is 3.64. The van der Waals surface area contributed by atoms with Crippen molar-refractivity contribution in [2.75, 3.05) is 0 Å². The van der Waals surface area contributed by atoms with Gasteiger partial charge in [-0.05, 0) is 0 Å². The van der Waals surface area contributed by atoms with Crippen molar-refractivity contribution in [1.29, 1.82) is 5.26 Å². The van der Waals surface area contributed by atoms with Crippen molar-refractivity contribution in [3.05, 3.63) is 17.5 Å². The Balaban J connectivity index is 3.51. The lowest BCUT2D eigenvalue weighted by molar-refractivity contribution is -0.276. The monoisotopic (exact) mass is 286 g/mol. The second-order valence-electron chi connectivity index (χ2n) is 3.17. The molecule has 4 nitrogen and oxygen atoms in total. The lowest BCUT2D eigenvalue weighted by Gasteiger charge is -2.18. The molecule has 0 amide bonds. The largest absolute Gasteiger partial charge is 0.573 e. The van der Waals surface area contributed by atoms with E-state index in [9.17, 15) is 26.3 Å². The zero-order valence-corrected chi connectivity index (χ0v) is 8.80. The van der Waals surface area contributed by atoms with Crippen molar-refractivity contribution < 1.29 is 36.2 Å². The van der Waals surface area contributed by atoms with Crippen LogP contribution in [0.4, 0.5) is 26.3 Å². The topological polar surface area (TPSA) is 66.1 Å². The molecule has 1 N–H and O–H groups in total. The van der Waals surface area contributed by atoms with Crippen LogP contribution >= 0.6 is 0 Å². The van der Waals surface area contributed by atoms with Crippen LogP contribution < -0.4 is 4.74 Å². The van der Waals surface area contributed by atoms with Crippen molar-refractivity contribution in [1.82, 2.24) is 4.98 Å². The maximum atomic E-state index is 12.6. The van der Waals surface area contributed by atoms with E-state index >= 15 is 0 Å². The molecule has 0 aliphatic heterocycles. The molecule has 19 heavy (non-hydrogen) atoms. The highest BCUT2D eigenvalue weighted by Crippen LogP contribution is 2.44. The number of hydrogen-bond acceptors (Lipinski definition) is 4. The minimum Gasteiger partial charge on any atom is -0.506 e. The van der Waals surface area contributed by atoms with E-state index in [0.717, 1.165) is 0 Å². The third-order valence-corrected chi connectivity index (χ3v) is 1.84. The van der Waals surface area contributed by atoms with Crippen LogP contribution in [0.15, 0.2) is 6.20 Å². The summed E-state index contributed by atoms with van der Waals surface area (Å²) in [5, 5.41) is 17.3. The summed E-state index contributed by atoms with van der Waals surface area (Å²) in [6, 6.07) is 1.35. The number of alkyl halides is 6. The zero-order valence-electron chi connectivity index (χ0n) is 8.80. The summed E-state index contributed by atoms with van der Waals surface area (Å²) in [4.78, 5) is 3.13. The molecule has 0 saturated heterocycles. The number of aromatic hydroxyl groups is 1. The Bertz CT molecular complexity index is 517. The SMILES string of the molecule is N#CCc1ncc(O)c(C(F)(F)F)c1OC(F)(F)F. The number of hydrogen-bond donors (Lipinski definition) is 1. The molecular formula is C9H4F6N2O2. The van der Waals surface area contributed by atoms with Gasteiger partial charge in [-0.25, -0.2) is 0 Å². The minimum absolute atomic E-state index is 0.304. The second-order valence-corrected chi connectivity index (χ2v) is 3.17. The van der Waals surface area contributed by atoms with Crippen molar-refractivity contribution in [3.63, 3.8) is 0 Å². The lowest BCUT2D eigenvalue weighted by atomic mass is 10.1. The first-order chi connectivity index (χ1) is 8.56. The van der Waals surface area contributed by atoms with Gasteiger partial charge in [0.1, 0.15) is 11.3 Å². The van der Waals surface area contributed by atoms with E-state index in [1.54, 1.807) is 0 Å². The summed E-state index contributed by atoms with van der Waals surface area (Å²) in [5.41, 5.74) is -2.89. The van der Waals surface area contributed by atoms with Crippen LogP contribution in [-0.2, 0) is 12.6 Å². The van der Waals surface area contributed by atoms with Crippen molar-refractivity contribution in [3.8, 4) is 17.6 Å². The van der Waals surface area contributed by atoms with Gasteiger partial charge in [0.25, 0.3) is 0 Å². The molecule has 1 aromatic heterocycles. The van der Waals surface area contributed by atoms with Gasteiger partial charge in [0.2, 0.25) is 0 Å². The molecule has 0 fully saturated rings. The average molecular weight is 286 g/mol. The van der Waals surface area contributed by atoms with Crippen molar-refractivity contribution >= 4 is 0 Å². The molecule has 1 aromatic rings. The van der Waals surface area contributed by atoms with Crippen LogP contribution in [0.2, 0.25) is 0 Å². The number of rotatable bonds is 2. The highest BCUT2D eigenvalue weighted by molar-refractivity contribution is 5.48. The Morgan fingerprint density at radius 2 is 1.84 bits per heavy atom. The third-order valence-electron chi connectivity index (χ3n) is 1.84. The summed E-state index contributed by atoms with van der Waals surface area (Å²) in [5.74, 6) is -3.24. The fourth-order valence-electron chi connectivity index (χ4n) is 1.22. The van der Waals surface area contributed by atoms with E-state index in [1.165, 1.54) is 6.07 Å². The van der Waals surface area contributed by atoms with Gasteiger partial charge in [0.15, 0.2) is 5.75 Å². The first-order valence-corrected chi connectivity index (χ1v) is 4.47. The number of pyridine rings is 1. The average Bonchev–Trinajstić information content (AvgIpc) is 2.18. The van der Waals surface area contributed by atoms with E-state index in [2.05, 4.69) is 9.72 Å². The van der Waals surface area contributed by atoms with E-state index < -0.39 is 41.7 Å². The summed E-state index contributed by atoms with van der Waals surface area (Å²) in [6.45, 7) is 0. The Labute approximate surface area is 101 Å². The van der Waals surface area contributed by atoms with Gasteiger partial charge in [-0.15, -0.1) is 13.2 Å². The molecule has 0 aliphatic carbocycles. The minimum atomic E-state index is -5.42. The van der Waals surface area contributed by atoms with Crippen LogP contribution in [0.5, 0.6) is 11.5 Å². The molecule has 0 aliphatic rings. The normalized spacial score (nSPS) is 12.1. The van der Waals surface area contributed by atoms with Gasteiger partial charge in [-0.2, -0.15) is 18.4 Å². The number of nitriles is 1. The first kappa shape index (κ1) is 14.9. The maximum absolute atomic E-state index is 12.6. The molecule has 1 rings (SSSR count). The summed E-state index contributed by atoms with van der Waals surface area (Å²) in [6.07, 6.45) is -11.2. The summed E-state index contributed by atoms with van der Waals surface area (Å²) < 4.78 is 77.2. The van der Waals surface area contributed by atoms with Gasteiger partial charge in [-0.3, -0.25) is 4.98 Å². The molecular weight excluding hydrogens is 282 g/mol. The Morgan fingerprint density at radius 1 is 1.26 bits per heavy atom. The Hall–Kier alpha value is -2.18. The first-order valence-electron chi connectivity index (χ1n) is 4.47. The van der Waals surface area contributed by atoms with Gasteiger partial charge < -0.3 is 9.84 Å². The number of halogens is 6. The highest BCUT2D eigenvalue weighted by Gasteiger charge is 2.43. The molecule has 0 bridgehead atoms. The lowest BCUT2D eigenvalue weighted by Crippen LogP contribution is -2.22. The predicted molar refractivity (Wildman–Crippen MR) is 46.9 cm³/mol. The van der Waals surface area contributed by atoms with E-state index in [0.29, 0.717) is 6.20 Å². The Kier molecular flexibility index (Phi) is 3.78. The predicted octanol–water partition coefficient (Wildman–Crippen LogP) is 2.77. The smallest absolute Gasteiger partial charge is 0.506 e. The van der Waals surface area contributed by atoms with Crippen LogP contribution in [0.1, 0.15) is 11.3 Å². The summed E-state index contributed by atoms with van der Waals surface area (Å²) in [7, 11) is 0. The van der Waals surface area contributed by atoms with Crippen LogP contribution in [0, 0.1) is 11.3 Å². The number of ether oxygens (including phenoxy) is 1. The standard InChI is InChI=1S/C9H4F6N2O2/c10-8(11,12)6-5(18)3-17-4(1-2-16)7(6)19-9(13,14)15/h3,18H,1H2. The van der Waals surface area contributed by atoms with Crippen molar-refractivity contribution in [2.24, 2.45) is 0 Å². The fraction of sp³-hybridized carbons (Fsp3) is 0.333. The number of aromatic nitrogens is 1. The second kappa shape index (κ2) is 4.83. The molecule has 0 unspecified atom stereocenters. The van der Waals surface area contributed by atoms with Crippen molar-refractivity contribution in [2.45, 2.75) is 19.0 Å². The molecule has 104 valence electrons. The molecule has 0 saturated carbocycles. The highest BCUT2D eigenvalue weighted by atomic mass is 19.4. The molecule has 10 heteroatoms. The van der Waals surface area contributed by atoms with Gasteiger partial charge in [0, 0.05) is 0 Å². The molecule has 0 aromatic carbocycles. The molecule has 0 atom stereocenters. The van der Waals surface area contributed by atoms with E-state index in [1.807, 2.05) is 0 Å². The quantitative estimate of drug-likeness (QED) is 0.849. The Morgan fingerprint density at radius 3 is 2.26 bits per heavy atom. The summed E-state index contributed by atoms with van der Waals surface area (Å²) >= 11 is 0.